The molecular weight excluding hydrogens is 774 g/mol. The number of nitrogens with zero attached hydrogens (tertiary/aromatic N) is 9. The maximum atomic E-state index is 13.3. The highest BCUT2D eigenvalue weighted by Gasteiger charge is 2.30. The maximum Gasteiger partial charge on any atom is 0.416 e. The summed E-state index contributed by atoms with van der Waals surface area (Å²) in [5.74, 6) is -0.618. The zero-order chi connectivity index (χ0) is 41.4. The van der Waals surface area contributed by atoms with Gasteiger partial charge in [-0.3, -0.25) is 8.80 Å². The van der Waals surface area contributed by atoms with Crippen LogP contribution in [0, 0.1) is 23.0 Å². The molecule has 4 aromatic carbocycles. The predicted octanol–water partition coefficient (Wildman–Crippen LogP) is 10.9. The topological polar surface area (TPSA) is 94.0 Å². The number of pyridine rings is 2. The third-order valence-electron chi connectivity index (χ3n) is 9.85. The molecule has 0 aliphatic rings. The molecule has 10 rings (SSSR count). The smallest absolute Gasteiger partial charge is 0.299 e. The fourth-order valence-corrected chi connectivity index (χ4v) is 6.86. The number of rotatable bonds is 6. The fourth-order valence-electron chi connectivity index (χ4n) is 6.86. The zero-order valence-corrected chi connectivity index (χ0v) is 31.1. The van der Waals surface area contributed by atoms with Crippen molar-refractivity contribution in [2.75, 3.05) is 0 Å². The second kappa shape index (κ2) is 15.3. The van der Waals surface area contributed by atoms with Crippen molar-refractivity contribution >= 4 is 11.3 Å². The minimum atomic E-state index is -4.38. The molecular formula is C46H28F5N9. The lowest BCUT2D eigenvalue weighted by Crippen LogP contribution is -2.04. The standard InChI is InChI=1S/C23H14F4N4.C23H14FN5/c24-18-6-8-19(9-7-18)31-20(11-12-29-31)16-3-10-22-28-13-21(30(22)14-16)15-1-4-17(5-2-15)23(25,26)27;24-19-6-8-20(9-7-19)29-21(11-12-27-29)18-5-10-23-26-14-22(28(23)15-18)17-3-1-16(13-25)2-4-17/h1-14H;1-12,14-15H. The molecule has 0 aliphatic carbocycles. The molecule has 0 fully saturated rings. The van der Waals surface area contributed by atoms with E-state index in [2.05, 4.69) is 26.2 Å². The van der Waals surface area contributed by atoms with E-state index in [1.54, 1.807) is 64.4 Å². The molecule has 0 atom stereocenters. The van der Waals surface area contributed by atoms with Gasteiger partial charge in [-0.1, -0.05) is 24.3 Å². The summed E-state index contributed by atoms with van der Waals surface area (Å²) in [4.78, 5) is 8.84. The zero-order valence-electron chi connectivity index (χ0n) is 31.1. The average Bonchev–Trinajstić information content (AvgIpc) is 4.11. The average molecular weight is 802 g/mol. The SMILES string of the molecule is Fc1ccc(-n2nccc2-c2ccc3ncc(-c4ccc(C(F)(F)F)cc4)n3c2)cc1.N#Cc1ccc(-c2cnc3ccc(-c4ccnn4-c4ccc(F)cc4)cn23)cc1. The van der Waals surface area contributed by atoms with Crippen LogP contribution in [0.4, 0.5) is 22.0 Å². The summed E-state index contributed by atoms with van der Waals surface area (Å²) >= 11 is 0. The van der Waals surface area contributed by atoms with Crippen LogP contribution in [0.2, 0.25) is 0 Å². The first-order valence-electron chi connectivity index (χ1n) is 18.4. The summed E-state index contributed by atoms with van der Waals surface area (Å²) in [5, 5.41) is 17.7. The molecule has 6 heterocycles. The first-order valence-corrected chi connectivity index (χ1v) is 18.4. The van der Waals surface area contributed by atoms with E-state index in [1.807, 2.05) is 75.9 Å². The van der Waals surface area contributed by atoms with Crippen LogP contribution in [0.15, 0.2) is 171 Å². The van der Waals surface area contributed by atoms with Crippen LogP contribution in [-0.2, 0) is 6.18 Å². The minimum Gasteiger partial charge on any atom is -0.299 e. The van der Waals surface area contributed by atoms with E-state index < -0.39 is 11.7 Å². The molecule has 0 saturated carbocycles. The quantitative estimate of drug-likeness (QED) is 0.156. The van der Waals surface area contributed by atoms with Gasteiger partial charge in [0.25, 0.3) is 0 Å². The molecule has 0 N–H and O–H groups in total. The predicted molar refractivity (Wildman–Crippen MR) is 216 cm³/mol. The highest BCUT2D eigenvalue weighted by atomic mass is 19.4. The summed E-state index contributed by atoms with van der Waals surface area (Å²) in [6, 6.07) is 38.2. The van der Waals surface area contributed by atoms with E-state index in [9.17, 15) is 22.0 Å². The van der Waals surface area contributed by atoms with Gasteiger partial charge in [-0.15, -0.1) is 0 Å². The number of imidazole rings is 2. The van der Waals surface area contributed by atoms with Crippen molar-refractivity contribution in [3.63, 3.8) is 0 Å². The Hall–Kier alpha value is -8.18. The number of aromatic nitrogens is 8. The third-order valence-corrected chi connectivity index (χ3v) is 9.85. The van der Waals surface area contributed by atoms with Crippen LogP contribution >= 0.6 is 0 Å². The highest BCUT2D eigenvalue weighted by molar-refractivity contribution is 5.70. The van der Waals surface area contributed by atoms with Crippen molar-refractivity contribution in [2.45, 2.75) is 6.18 Å². The molecule has 14 heteroatoms. The van der Waals surface area contributed by atoms with Gasteiger partial charge in [0.15, 0.2) is 0 Å². The number of nitriles is 1. The number of hydrogen-bond acceptors (Lipinski definition) is 5. The van der Waals surface area contributed by atoms with Crippen molar-refractivity contribution in [2.24, 2.45) is 0 Å². The largest absolute Gasteiger partial charge is 0.416 e. The summed E-state index contributed by atoms with van der Waals surface area (Å²) in [7, 11) is 0. The van der Waals surface area contributed by atoms with Gasteiger partial charge in [-0.25, -0.2) is 28.1 Å². The Morgan fingerprint density at radius 1 is 0.467 bits per heavy atom. The molecule has 6 aromatic heterocycles. The maximum absolute atomic E-state index is 13.3. The number of fused-ring (bicyclic) bond motifs is 2. The number of hydrogen-bond donors (Lipinski definition) is 0. The van der Waals surface area contributed by atoms with Gasteiger partial charge in [0.2, 0.25) is 0 Å². The fraction of sp³-hybridized carbons (Fsp3) is 0.0217. The van der Waals surface area contributed by atoms with Gasteiger partial charge in [-0.2, -0.15) is 28.6 Å². The Morgan fingerprint density at radius 3 is 1.30 bits per heavy atom. The summed E-state index contributed by atoms with van der Waals surface area (Å²) < 4.78 is 72.5. The van der Waals surface area contributed by atoms with Crippen molar-refractivity contribution in [1.82, 2.24) is 38.3 Å². The molecule has 0 bridgehead atoms. The summed E-state index contributed by atoms with van der Waals surface area (Å²) in [5.41, 5.74) is 9.50. The Balaban J connectivity index is 0.000000154. The van der Waals surface area contributed by atoms with Crippen LogP contribution in [0.5, 0.6) is 0 Å². The highest BCUT2D eigenvalue weighted by Crippen LogP contribution is 2.32. The van der Waals surface area contributed by atoms with Crippen molar-refractivity contribution in [1.29, 1.82) is 5.26 Å². The Bertz CT molecular complexity index is 3150. The van der Waals surface area contributed by atoms with Gasteiger partial charge in [0.1, 0.15) is 22.9 Å². The lowest BCUT2D eigenvalue weighted by Gasteiger charge is -2.10. The number of halogens is 5. The molecule has 10 aromatic rings. The molecule has 0 amide bonds. The lowest BCUT2D eigenvalue weighted by molar-refractivity contribution is -0.137. The van der Waals surface area contributed by atoms with E-state index in [4.69, 9.17) is 5.26 Å². The third kappa shape index (κ3) is 7.27. The molecule has 60 heavy (non-hydrogen) atoms. The second-order valence-electron chi connectivity index (χ2n) is 13.6. The van der Waals surface area contributed by atoms with Crippen molar-refractivity contribution < 1.29 is 22.0 Å². The Labute approximate surface area is 338 Å². The lowest BCUT2D eigenvalue weighted by atomic mass is 10.1. The molecule has 9 nitrogen and oxygen atoms in total. The molecule has 0 radical (unpaired) electrons. The molecule has 0 unspecified atom stereocenters. The van der Waals surface area contributed by atoms with Crippen LogP contribution in [0.3, 0.4) is 0 Å². The number of alkyl halides is 3. The van der Waals surface area contributed by atoms with E-state index in [0.29, 0.717) is 28.2 Å². The number of benzene rings is 4. The normalized spacial score (nSPS) is 11.4. The van der Waals surface area contributed by atoms with Gasteiger partial charge in [-0.05, 0) is 109 Å². The van der Waals surface area contributed by atoms with Gasteiger partial charge < -0.3 is 0 Å². The van der Waals surface area contributed by atoms with Crippen LogP contribution in [-0.4, -0.2) is 38.3 Å². The van der Waals surface area contributed by atoms with Crippen LogP contribution < -0.4 is 0 Å². The summed E-state index contributed by atoms with van der Waals surface area (Å²) in [6.45, 7) is 0. The minimum absolute atomic E-state index is 0.283. The summed E-state index contributed by atoms with van der Waals surface area (Å²) in [6.07, 6.45) is 6.28. The molecule has 0 saturated heterocycles. The van der Waals surface area contributed by atoms with E-state index in [-0.39, 0.29) is 11.6 Å². The molecule has 0 aliphatic heterocycles. The molecule has 0 spiro atoms. The molecule has 292 valence electrons. The van der Waals surface area contributed by atoms with E-state index in [1.165, 1.54) is 36.4 Å². The first kappa shape index (κ1) is 37.4. The Kier molecular flexibility index (Phi) is 9.53. The van der Waals surface area contributed by atoms with E-state index >= 15 is 0 Å². The van der Waals surface area contributed by atoms with Gasteiger partial charge >= 0.3 is 6.18 Å². The monoisotopic (exact) mass is 801 g/mol. The van der Waals surface area contributed by atoms with Gasteiger partial charge in [0.05, 0.1) is 76.1 Å². The Morgan fingerprint density at radius 2 is 0.883 bits per heavy atom. The van der Waals surface area contributed by atoms with Crippen molar-refractivity contribution in [3.05, 3.63) is 193 Å². The first-order chi connectivity index (χ1) is 29.1. The van der Waals surface area contributed by atoms with Crippen molar-refractivity contribution in [3.8, 4) is 62.5 Å². The van der Waals surface area contributed by atoms with Crippen LogP contribution in [0.25, 0.3) is 67.7 Å². The van der Waals surface area contributed by atoms with E-state index in [0.717, 1.165) is 57.2 Å². The van der Waals surface area contributed by atoms with Gasteiger partial charge in [0, 0.05) is 34.6 Å². The second-order valence-corrected chi connectivity index (χ2v) is 13.6. The van der Waals surface area contributed by atoms with Crippen LogP contribution in [0.1, 0.15) is 11.1 Å².